The maximum absolute atomic E-state index is 14.4. The van der Waals surface area contributed by atoms with E-state index in [0.29, 0.717) is 21.9 Å². The summed E-state index contributed by atoms with van der Waals surface area (Å²) in [4.78, 5) is 4.81. The molecule has 0 N–H and O–H groups in total. The second-order valence-corrected chi connectivity index (χ2v) is 9.33. The molecule has 4 aromatic rings. The zero-order valence-electron chi connectivity index (χ0n) is 16.2. The van der Waals surface area contributed by atoms with Crippen molar-refractivity contribution in [2.75, 3.05) is 7.05 Å². The average Bonchev–Trinajstić information content (AvgIpc) is 3.08. The molecule has 30 heavy (non-hydrogen) atoms. The van der Waals surface area contributed by atoms with Crippen molar-refractivity contribution in [2.24, 2.45) is 0 Å². The summed E-state index contributed by atoms with van der Waals surface area (Å²) in [5.41, 5.74) is 1.81. The number of hydrogen-bond donors (Lipinski definition) is 0. The number of fused-ring (bicyclic) bond motifs is 1. The van der Waals surface area contributed by atoms with Gasteiger partial charge in [-0.15, -0.1) is 0 Å². The molecular formula is C22H19ClFN3O2S. The van der Waals surface area contributed by atoms with E-state index in [9.17, 15) is 12.8 Å². The highest BCUT2D eigenvalue weighted by Crippen LogP contribution is 2.25. The van der Waals surface area contributed by atoms with Gasteiger partial charge in [0.25, 0.3) is 0 Å². The van der Waals surface area contributed by atoms with E-state index in [4.69, 9.17) is 11.6 Å². The van der Waals surface area contributed by atoms with Gasteiger partial charge in [-0.2, -0.15) is 4.31 Å². The fourth-order valence-electron chi connectivity index (χ4n) is 3.32. The van der Waals surface area contributed by atoms with Crippen LogP contribution in [0.25, 0.3) is 11.0 Å². The quantitative estimate of drug-likeness (QED) is 0.434. The van der Waals surface area contributed by atoms with E-state index in [1.54, 1.807) is 47.0 Å². The number of halogens is 2. The molecule has 0 aliphatic rings. The average molecular weight is 444 g/mol. The second-order valence-electron chi connectivity index (χ2n) is 6.88. The monoisotopic (exact) mass is 443 g/mol. The van der Waals surface area contributed by atoms with Crippen LogP contribution in [0.4, 0.5) is 4.39 Å². The van der Waals surface area contributed by atoms with Crippen LogP contribution in [0, 0.1) is 5.82 Å². The van der Waals surface area contributed by atoms with Crippen LogP contribution in [0.3, 0.4) is 0 Å². The first-order chi connectivity index (χ1) is 14.4. The van der Waals surface area contributed by atoms with Crippen molar-refractivity contribution < 1.29 is 12.8 Å². The highest BCUT2D eigenvalue weighted by atomic mass is 35.5. The first-order valence-electron chi connectivity index (χ1n) is 9.26. The Labute approximate surface area is 179 Å². The molecule has 0 radical (unpaired) electrons. The summed E-state index contributed by atoms with van der Waals surface area (Å²) in [6, 6.07) is 20.2. The van der Waals surface area contributed by atoms with Gasteiger partial charge in [-0.25, -0.2) is 17.8 Å². The van der Waals surface area contributed by atoms with E-state index < -0.39 is 15.8 Å². The minimum absolute atomic E-state index is 0.0258. The van der Waals surface area contributed by atoms with Crippen LogP contribution in [0.1, 0.15) is 11.4 Å². The van der Waals surface area contributed by atoms with Crippen LogP contribution < -0.4 is 0 Å². The molecule has 0 amide bonds. The number of imidazole rings is 1. The first-order valence-corrected chi connectivity index (χ1v) is 11.1. The van der Waals surface area contributed by atoms with Crippen molar-refractivity contribution in [2.45, 2.75) is 18.0 Å². The van der Waals surface area contributed by atoms with Crippen molar-refractivity contribution in [3.63, 3.8) is 0 Å². The van der Waals surface area contributed by atoms with E-state index in [0.717, 1.165) is 5.52 Å². The largest absolute Gasteiger partial charge is 0.322 e. The Morgan fingerprint density at radius 2 is 1.70 bits per heavy atom. The number of benzene rings is 3. The third-order valence-electron chi connectivity index (χ3n) is 4.93. The lowest BCUT2D eigenvalue weighted by Gasteiger charge is -2.18. The van der Waals surface area contributed by atoms with E-state index in [1.165, 1.54) is 17.4 Å². The molecule has 154 valence electrons. The third kappa shape index (κ3) is 3.84. The normalized spacial score (nSPS) is 12.0. The minimum Gasteiger partial charge on any atom is -0.322 e. The molecule has 1 heterocycles. The molecule has 0 bridgehead atoms. The van der Waals surface area contributed by atoms with Gasteiger partial charge in [-0.05, 0) is 36.4 Å². The lowest BCUT2D eigenvalue weighted by atomic mass is 10.2. The summed E-state index contributed by atoms with van der Waals surface area (Å²) in [5.74, 6) is 0.0778. The first kappa shape index (κ1) is 20.5. The molecular weight excluding hydrogens is 425 g/mol. The van der Waals surface area contributed by atoms with Gasteiger partial charge >= 0.3 is 0 Å². The molecule has 0 aliphatic heterocycles. The Balaban J connectivity index is 1.75. The topological polar surface area (TPSA) is 55.2 Å². The van der Waals surface area contributed by atoms with Gasteiger partial charge in [-0.1, -0.05) is 48.0 Å². The summed E-state index contributed by atoms with van der Waals surface area (Å²) in [6.45, 7) is 0.165. The number of aromatic nitrogens is 2. The number of nitrogens with zero attached hydrogens (tertiary/aromatic N) is 3. The molecule has 3 aromatic carbocycles. The van der Waals surface area contributed by atoms with Gasteiger partial charge in [0, 0.05) is 17.6 Å². The van der Waals surface area contributed by atoms with Gasteiger partial charge in [0.05, 0.1) is 29.0 Å². The summed E-state index contributed by atoms with van der Waals surface area (Å²) < 4.78 is 43.3. The highest BCUT2D eigenvalue weighted by Gasteiger charge is 2.23. The van der Waals surface area contributed by atoms with Crippen LogP contribution in [-0.4, -0.2) is 29.3 Å². The fourth-order valence-corrected chi connectivity index (χ4v) is 4.69. The lowest BCUT2D eigenvalue weighted by molar-refractivity contribution is 0.449. The Bertz CT molecular complexity index is 1290. The van der Waals surface area contributed by atoms with Crippen LogP contribution in [0.5, 0.6) is 0 Å². The van der Waals surface area contributed by atoms with E-state index in [2.05, 4.69) is 4.98 Å². The summed E-state index contributed by atoms with van der Waals surface area (Å²) in [7, 11) is -2.20. The fraction of sp³-hybridized carbons (Fsp3) is 0.136. The number of rotatable bonds is 6. The van der Waals surface area contributed by atoms with Crippen LogP contribution in [0.2, 0.25) is 5.02 Å². The highest BCUT2D eigenvalue weighted by molar-refractivity contribution is 7.89. The van der Waals surface area contributed by atoms with Gasteiger partial charge in [-0.3, -0.25) is 0 Å². The van der Waals surface area contributed by atoms with Crippen molar-refractivity contribution in [3.8, 4) is 0 Å². The maximum Gasteiger partial charge on any atom is 0.243 e. The van der Waals surface area contributed by atoms with Crippen LogP contribution >= 0.6 is 11.6 Å². The van der Waals surface area contributed by atoms with E-state index in [1.807, 2.05) is 24.3 Å². The van der Waals surface area contributed by atoms with Crippen LogP contribution in [-0.2, 0) is 23.1 Å². The molecule has 0 saturated heterocycles. The zero-order chi connectivity index (χ0) is 21.3. The standard InChI is InChI=1S/C22H19ClFN3O2S/c1-26(30(28,29)16-8-3-2-4-9-16)15-22-25-20-12-5-6-13-21(20)27(22)14-17-18(23)10-7-11-19(17)24/h2-13H,14-15H2,1H3. The van der Waals surface area contributed by atoms with E-state index in [-0.39, 0.29) is 18.0 Å². The van der Waals surface area contributed by atoms with Gasteiger partial charge in [0.1, 0.15) is 11.6 Å². The molecule has 0 fully saturated rings. The predicted octanol–water partition coefficient (Wildman–Crippen LogP) is 4.70. The van der Waals surface area contributed by atoms with Gasteiger partial charge < -0.3 is 4.57 Å². The summed E-state index contributed by atoms with van der Waals surface area (Å²) >= 11 is 6.23. The van der Waals surface area contributed by atoms with Gasteiger partial charge in [0.15, 0.2) is 0 Å². The molecule has 8 heteroatoms. The molecule has 0 saturated carbocycles. The molecule has 0 unspecified atom stereocenters. The minimum atomic E-state index is -3.70. The van der Waals surface area contributed by atoms with Crippen molar-refractivity contribution in [1.82, 2.24) is 13.9 Å². The smallest absolute Gasteiger partial charge is 0.243 e. The Kier molecular flexibility index (Phi) is 5.60. The predicted molar refractivity (Wildman–Crippen MR) is 115 cm³/mol. The Hall–Kier alpha value is -2.74. The molecule has 0 atom stereocenters. The zero-order valence-corrected chi connectivity index (χ0v) is 17.7. The number of hydrogen-bond acceptors (Lipinski definition) is 3. The van der Waals surface area contributed by atoms with Crippen molar-refractivity contribution >= 4 is 32.7 Å². The molecule has 4 rings (SSSR count). The summed E-state index contributed by atoms with van der Waals surface area (Å²) in [6.07, 6.45) is 0. The molecule has 5 nitrogen and oxygen atoms in total. The van der Waals surface area contributed by atoms with Crippen molar-refractivity contribution in [1.29, 1.82) is 0 Å². The molecule has 0 aliphatic carbocycles. The number of sulfonamides is 1. The maximum atomic E-state index is 14.4. The van der Waals surface area contributed by atoms with E-state index >= 15 is 0 Å². The molecule has 0 spiro atoms. The lowest BCUT2D eigenvalue weighted by Crippen LogP contribution is -2.28. The van der Waals surface area contributed by atoms with Gasteiger partial charge in [0.2, 0.25) is 10.0 Å². The Morgan fingerprint density at radius 1 is 1.00 bits per heavy atom. The Morgan fingerprint density at radius 3 is 2.43 bits per heavy atom. The third-order valence-corrected chi connectivity index (χ3v) is 7.10. The SMILES string of the molecule is CN(Cc1nc2ccccc2n1Cc1c(F)cccc1Cl)S(=O)(=O)c1ccccc1. The number of para-hydroxylation sites is 2. The summed E-state index contributed by atoms with van der Waals surface area (Å²) in [5, 5.41) is 0.309. The second kappa shape index (κ2) is 8.18. The van der Waals surface area contributed by atoms with Crippen LogP contribution in [0.15, 0.2) is 77.7 Å². The molecule has 1 aromatic heterocycles. The van der Waals surface area contributed by atoms with Crippen molar-refractivity contribution in [3.05, 3.63) is 95.0 Å².